The zero-order valence-corrected chi connectivity index (χ0v) is 15.0. The van der Waals surface area contributed by atoms with Crippen LogP contribution in [0.3, 0.4) is 0 Å². The Bertz CT molecular complexity index is 654. The molecule has 112 valence electrons. The van der Waals surface area contributed by atoms with Crippen molar-refractivity contribution in [3.05, 3.63) is 33.7 Å². The first kappa shape index (κ1) is 15.9. The monoisotopic (exact) mass is 348 g/mol. The first-order valence-electron chi connectivity index (χ1n) is 6.94. The van der Waals surface area contributed by atoms with Gasteiger partial charge in [0.15, 0.2) is 5.82 Å². The summed E-state index contributed by atoms with van der Waals surface area (Å²) in [6.07, 6.45) is 0. The van der Waals surface area contributed by atoms with Gasteiger partial charge >= 0.3 is 0 Å². The van der Waals surface area contributed by atoms with Crippen molar-refractivity contribution in [1.82, 2.24) is 15.0 Å². The van der Waals surface area contributed by atoms with Gasteiger partial charge in [-0.05, 0) is 41.9 Å². The third-order valence-corrected chi connectivity index (χ3v) is 3.89. The summed E-state index contributed by atoms with van der Waals surface area (Å²) < 4.78 is 0.920. The maximum Gasteiger partial charge on any atom is 0.161 e. The highest BCUT2D eigenvalue weighted by Crippen LogP contribution is 2.34. The van der Waals surface area contributed by atoms with Crippen LogP contribution in [0.5, 0.6) is 0 Å². The zero-order chi connectivity index (χ0) is 15.8. The lowest BCUT2D eigenvalue weighted by atomic mass is 9.91. The number of hydrogen-bond acceptors (Lipinski definition) is 4. The van der Waals surface area contributed by atoms with Gasteiger partial charge < -0.3 is 5.32 Å². The Balaban J connectivity index is 2.69. The van der Waals surface area contributed by atoms with Gasteiger partial charge in [0.25, 0.3) is 0 Å². The van der Waals surface area contributed by atoms with Gasteiger partial charge in [-0.2, -0.15) is 0 Å². The molecule has 0 spiro atoms. The second kappa shape index (κ2) is 5.72. The average molecular weight is 349 g/mol. The van der Waals surface area contributed by atoms with Crippen molar-refractivity contribution < 1.29 is 0 Å². The average Bonchev–Trinajstić information content (AvgIpc) is 2.36. The standard InChI is InChI=1S/C16H21BrN4/c1-9-7-11(8-10(2)19-9)14-20-13(16(3,4)5)12(17)15(18-6)21-14/h7-8H,1-6H3,(H,18,20,21). The molecule has 0 amide bonds. The molecule has 0 aromatic carbocycles. The molecule has 0 atom stereocenters. The van der Waals surface area contributed by atoms with Crippen LogP contribution < -0.4 is 5.32 Å². The van der Waals surface area contributed by atoms with Crippen molar-refractivity contribution in [2.45, 2.75) is 40.0 Å². The highest BCUT2D eigenvalue weighted by molar-refractivity contribution is 9.10. The highest BCUT2D eigenvalue weighted by atomic mass is 79.9. The van der Waals surface area contributed by atoms with E-state index in [1.54, 1.807) is 0 Å². The molecule has 2 rings (SSSR count). The molecule has 5 heteroatoms. The molecule has 2 heterocycles. The lowest BCUT2D eigenvalue weighted by molar-refractivity contribution is 0.564. The minimum absolute atomic E-state index is 0.0702. The summed E-state index contributed by atoms with van der Waals surface area (Å²) in [6.45, 7) is 10.4. The molecule has 0 bridgehead atoms. The van der Waals surface area contributed by atoms with Gasteiger partial charge in [-0.3, -0.25) is 4.98 Å². The molecular weight excluding hydrogens is 328 g/mol. The van der Waals surface area contributed by atoms with E-state index in [0.29, 0.717) is 0 Å². The van der Waals surface area contributed by atoms with Crippen LogP contribution in [0.25, 0.3) is 11.4 Å². The van der Waals surface area contributed by atoms with Crippen molar-refractivity contribution in [2.24, 2.45) is 0 Å². The summed E-state index contributed by atoms with van der Waals surface area (Å²) in [4.78, 5) is 13.8. The van der Waals surface area contributed by atoms with E-state index in [1.807, 2.05) is 33.0 Å². The molecule has 0 fully saturated rings. The van der Waals surface area contributed by atoms with Crippen LogP contribution in [-0.2, 0) is 5.41 Å². The Morgan fingerprint density at radius 1 is 1.00 bits per heavy atom. The van der Waals surface area contributed by atoms with Crippen LogP contribution in [0.2, 0.25) is 0 Å². The Labute approximate surface area is 134 Å². The lowest BCUT2D eigenvalue weighted by Crippen LogP contribution is -2.17. The molecule has 0 radical (unpaired) electrons. The summed E-state index contributed by atoms with van der Waals surface area (Å²) in [5, 5.41) is 3.13. The maximum absolute atomic E-state index is 4.78. The molecular formula is C16H21BrN4. The number of aromatic nitrogens is 3. The van der Waals surface area contributed by atoms with E-state index < -0.39 is 0 Å². The van der Waals surface area contributed by atoms with Gasteiger partial charge in [0.1, 0.15) is 5.82 Å². The summed E-state index contributed by atoms with van der Waals surface area (Å²) in [5.41, 5.74) is 3.86. The molecule has 0 saturated heterocycles. The second-order valence-electron chi connectivity index (χ2n) is 6.20. The van der Waals surface area contributed by atoms with E-state index in [4.69, 9.17) is 4.98 Å². The topological polar surface area (TPSA) is 50.7 Å². The number of nitrogens with zero attached hydrogens (tertiary/aromatic N) is 3. The van der Waals surface area contributed by atoms with Gasteiger partial charge in [0.05, 0.1) is 10.2 Å². The van der Waals surface area contributed by atoms with Crippen LogP contribution >= 0.6 is 15.9 Å². The van der Waals surface area contributed by atoms with E-state index in [9.17, 15) is 0 Å². The first-order valence-corrected chi connectivity index (χ1v) is 7.73. The van der Waals surface area contributed by atoms with E-state index in [-0.39, 0.29) is 5.41 Å². The maximum atomic E-state index is 4.78. The number of nitrogens with one attached hydrogen (secondary N) is 1. The fourth-order valence-corrected chi connectivity index (χ4v) is 3.17. The van der Waals surface area contributed by atoms with Crippen molar-refractivity contribution in [3.8, 4) is 11.4 Å². The van der Waals surface area contributed by atoms with Crippen LogP contribution in [0.15, 0.2) is 16.6 Å². The minimum atomic E-state index is -0.0702. The molecule has 0 aliphatic heterocycles. The van der Waals surface area contributed by atoms with Gasteiger partial charge in [-0.1, -0.05) is 20.8 Å². The Hall–Kier alpha value is -1.49. The summed E-state index contributed by atoms with van der Waals surface area (Å²) in [5.74, 6) is 1.53. The molecule has 1 N–H and O–H groups in total. The number of halogens is 1. The summed E-state index contributed by atoms with van der Waals surface area (Å²) in [6, 6.07) is 4.03. The van der Waals surface area contributed by atoms with E-state index >= 15 is 0 Å². The number of pyridine rings is 1. The van der Waals surface area contributed by atoms with Crippen LogP contribution in [0.1, 0.15) is 37.9 Å². The molecule has 21 heavy (non-hydrogen) atoms. The van der Waals surface area contributed by atoms with Gasteiger partial charge in [-0.15, -0.1) is 0 Å². The summed E-state index contributed by atoms with van der Waals surface area (Å²) in [7, 11) is 1.87. The minimum Gasteiger partial charge on any atom is -0.372 e. The van der Waals surface area contributed by atoms with Gasteiger partial charge in [-0.25, -0.2) is 9.97 Å². The highest BCUT2D eigenvalue weighted by Gasteiger charge is 2.23. The van der Waals surface area contributed by atoms with E-state index in [1.165, 1.54) is 0 Å². The zero-order valence-electron chi connectivity index (χ0n) is 13.4. The fraction of sp³-hybridized carbons (Fsp3) is 0.438. The summed E-state index contributed by atoms with van der Waals surface area (Å²) >= 11 is 3.61. The molecule has 4 nitrogen and oxygen atoms in total. The quantitative estimate of drug-likeness (QED) is 0.880. The molecule has 0 saturated carbocycles. The fourth-order valence-electron chi connectivity index (χ4n) is 2.20. The normalized spacial score (nSPS) is 11.6. The van der Waals surface area contributed by atoms with Crippen LogP contribution in [0, 0.1) is 13.8 Å². The predicted molar refractivity (Wildman–Crippen MR) is 90.7 cm³/mol. The third kappa shape index (κ3) is 3.40. The molecule has 2 aromatic heterocycles. The number of rotatable bonds is 2. The molecule has 0 unspecified atom stereocenters. The van der Waals surface area contributed by atoms with Crippen LogP contribution in [-0.4, -0.2) is 22.0 Å². The smallest absolute Gasteiger partial charge is 0.161 e. The van der Waals surface area contributed by atoms with Crippen molar-refractivity contribution in [2.75, 3.05) is 12.4 Å². The Morgan fingerprint density at radius 2 is 1.57 bits per heavy atom. The van der Waals surface area contributed by atoms with Crippen molar-refractivity contribution in [3.63, 3.8) is 0 Å². The molecule has 2 aromatic rings. The van der Waals surface area contributed by atoms with Crippen molar-refractivity contribution in [1.29, 1.82) is 0 Å². The molecule has 0 aliphatic rings. The van der Waals surface area contributed by atoms with Gasteiger partial charge in [0.2, 0.25) is 0 Å². The van der Waals surface area contributed by atoms with E-state index in [0.717, 1.165) is 38.8 Å². The SMILES string of the molecule is CNc1nc(-c2cc(C)nc(C)c2)nc(C(C)(C)C)c1Br. The van der Waals surface area contributed by atoms with Gasteiger partial charge in [0, 0.05) is 29.4 Å². The second-order valence-corrected chi connectivity index (χ2v) is 6.99. The number of anilines is 1. The van der Waals surface area contributed by atoms with E-state index in [2.05, 4.69) is 52.0 Å². The van der Waals surface area contributed by atoms with Crippen molar-refractivity contribution >= 4 is 21.7 Å². The lowest BCUT2D eigenvalue weighted by Gasteiger charge is -2.21. The number of hydrogen-bond donors (Lipinski definition) is 1. The predicted octanol–water partition coefficient (Wildman–Crippen LogP) is 4.26. The third-order valence-electron chi connectivity index (χ3n) is 3.14. The largest absolute Gasteiger partial charge is 0.372 e. The number of aryl methyl sites for hydroxylation is 2. The van der Waals surface area contributed by atoms with Crippen LogP contribution in [0.4, 0.5) is 5.82 Å². The Morgan fingerprint density at radius 3 is 2.05 bits per heavy atom. The molecule has 0 aliphatic carbocycles. The Kier molecular flexibility index (Phi) is 4.33. The first-order chi connectivity index (χ1) is 9.72.